The topological polar surface area (TPSA) is 88.3 Å². The molecular formula is C7H5N3O3. The van der Waals surface area contributed by atoms with Crippen molar-refractivity contribution in [2.75, 3.05) is 0 Å². The van der Waals surface area contributed by atoms with Crippen LogP contribution in [0.15, 0.2) is 33.7 Å². The van der Waals surface area contributed by atoms with Gasteiger partial charge < -0.3 is 0 Å². The average molecular weight is 179 g/mol. The summed E-state index contributed by atoms with van der Waals surface area (Å²) in [6.45, 7) is -0.105. The van der Waals surface area contributed by atoms with Crippen molar-refractivity contribution in [3.05, 3.63) is 38.5 Å². The average Bonchev–Trinajstić information content (AvgIpc) is 2.17. The number of rotatable bonds is 4. The van der Waals surface area contributed by atoms with Crippen molar-refractivity contribution in [1.82, 2.24) is 0 Å². The molecule has 0 amide bonds. The lowest BCUT2D eigenvalue weighted by Crippen LogP contribution is -1.79. The van der Waals surface area contributed by atoms with Crippen LogP contribution in [0, 0.1) is 14.7 Å². The zero-order valence-electron chi connectivity index (χ0n) is 6.51. The van der Waals surface area contributed by atoms with Crippen LogP contribution in [0.4, 0.5) is 11.4 Å². The standard InChI is InChI=1S/C7H5N3O3/c11-8-4-5-1-6(9-12)3-7(2-5)10-13/h1-3H,4H2. The van der Waals surface area contributed by atoms with Crippen LogP contribution < -0.4 is 0 Å². The summed E-state index contributed by atoms with van der Waals surface area (Å²) in [6.07, 6.45) is 0. The third-order valence-corrected chi connectivity index (χ3v) is 1.42. The van der Waals surface area contributed by atoms with Crippen molar-refractivity contribution in [3.8, 4) is 0 Å². The van der Waals surface area contributed by atoms with Crippen LogP contribution in [0.1, 0.15) is 5.56 Å². The quantitative estimate of drug-likeness (QED) is 0.665. The van der Waals surface area contributed by atoms with Gasteiger partial charge in [-0.05, 0) is 34.1 Å². The molecular weight excluding hydrogens is 174 g/mol. The molecule has 0 saturated heterocycles. The molecule has 1 aromatic rings. The Hall–Kier alpha value is -1.98. The molecule has 0 saturated carbocycles. The Morgan fingerprint density at radius 2 is 1.46 bits per heavy atom. The second kappa shape index (κ2) is 4.15. The van der Waals surface area contributed by atoms with E-state index in [4.69, 9.17) is 0 Å². The van der Waals surface area contributed by atoms with E-state index in [1.165, 1.54) is 18.2 Å². The summed E-state index contributed by atoms with van der Waals surface area (Å²) < 4.78 is 0. The van der Waals surface area contributed by atoms with Crippen LogP contribution >= 0.6 is 0 Å². The van der Waals surface area contributed by atoms with E-state index in [-0.39, 0.29) is 17.9 Å². The maximum Gasteiger partial charge on any atom is 0.110 e. The van der Waals surface area contributed by atoms with E-state index >= 15 is 0 Å². The van der Waals surface area contributed by atoms with Gasteiger partial charge in [-0.2, -0.15) is 4.91 Å². The van der Waals surface area contributed by atoms with Gasteiger partial charge in [0, 0.05) is 0 Å². The number of hydrogen-bond acceptors (Lipinski definition) is 6. The van der Waals surface area contributed by atoms with E-state index < -0.39 is 0 Å². The normalized spacial score (nSPS) is 9.23. The van der Waals surface area contributed by atoms with Gasteiger partial charge in [-0.25, -0.2) is 0 Å². The van der Waals surface area contributed by atoms with Crippen LogP contribution in [-0.4, -0.2) is 0 Å². The van der Waals surface area contributed by atoms with E-state index in [0.717, 1.165) is 0 Å². The van der Waals surface area contributed by atoms with Crippen LogP contribution in [0.5, 0.6) is 0 Å². The first-order chi connectivity index (χ1) is 6.30. The summed E-state index contributed by atoms with van der Waals surface area (Å²) >= 11 is 0. The zero-order valence-corrected chi connectivity index (χ0v) is 6.51. The molecule has 0 aromatic heterocycles. The van der Waals surface area contributed by atoms with Crippen LogP contribution in [0.25, 0.3) is 0 Å². The SMILES string of the molecule is O=NCc1cc(N=O)cc(N=O)c1. The lowest BCUT2D eigenvalue weighted by Gasteiger charge is -1.95. The van der Waals surface area contributed by atoms with Gasteiger partial charge in [0.15, 0.2) is 0 Å². The van der Waals surface area contributed by atoms with Gasteiger partial charge in [0.1, 0.15) is 17.9 Å². The fourth-order valence-corrected chi connectivity index (χ4v) is 0.928. The lowest BCUT2D eigenvalue weighted by molar-refractivity contribution is 1.05. The molecule has 6 nitrogen and oxygen atoms in total. The van der Waals surface area contributed by atoms with E-state index in [0.29, 0.717) is 5.56 Å². The van der Waals surface area contributed by atoms with Crippen molar-refractivity contribution in [1.29, 1.82) is 0 Å². The predicted octanol–water partition coefficient (Wildman–Crippen LogP) is 2.75. The van der Waals surface area contributed by atoms with Gasteiger partial charge in [-0.3, -0.25) is 0 Å². The monoisotopic (exact) mass is 179 g/mol. The minimum absolute atomic E-state index is 0.0655. The molecule has 0 N–H and O–H groups in total. The minimum atomic E-state index is -0.105. The van der Waals surface area contributed by atoms with E-state index in [1.807, 2.05) is 0 Å². The van der Waals surface area contributed by atoms with Crippen molar-refractivity contribution in [2.24, 2.45) is 15.5 Å². The third-order valence-electron chi connectivity index (χ3n) is 1.42. The fourth-order valence-electron chi connectivity index (χ4n) is 0.928. The molecule has 1 rings (SSSR count). The molecule has 13 heavy (non-hydrogen) atoms. The Morgan fingerprint density at radius 3 is 1.85 bits per heavy atom. The van der Waals surface area contributed by atoms with E-state index in [1.54, 1.807) is 0 Å². The Kier molecular flexibility index (Phi) is 2.91. The molecule has 0 heterocycles. The molecule has 0 bridgehead atoms. The molecule has 0 aliphatic rings. The first-order valence-electron chi connectivity index (χ1n) is 3.40. The molecule has 0 atom stereocenters. The Bertz CT molecular complexity index is 325. The highest BCUT2D eigenvalue weighted by Crippen LogP contribution is 2.23. The van der Waals surface area contributed by atoms with Gasteiger partial charge in [0.2, 0.25) is 0 Å². The summed E-state index contributed by atoms with van der Waals surface area (Å²) in [7, 11) is 0. The van der Waals surface area contributed by atoms with Crippen molar-refractivity contribution < 1.29 is 0 Å². The Labute approximate surface area is 72.9 Å². The molecule has 0 unspecified atom stereocenters. The highest BCUT2D eigenvalue weighted by molar-refractivity contribution is 5.53. The summed E-state index contributed by atoms with van der Waals surface area (Å²) in [4.78, 5) is 30.2. The molecule has 66 valence electrons. The second-order valence-electron chi connectivity index (χ2n) is 2.33. The maximum absolute atomic E-state index is 10.1. The van der Waals surface area contributed by atoms with Crippen LogP contribution in [0.2, 0.25) is 0 Å². The Balaban J connectivity index is 3.13. The van der Waals surface area contributed by atoms with Crippen molar-refractivity contribution >= 4 is 11.4 Å². The second-order valence-corrected chi connectivity index (χ2v) is 2.33. The van der Waals surface area contributed by atoms with E-state index in [9.17, 15) is 14.7 Å². The molecule has 0 radical (unpaired) electrons. The number of hydrogen-bond donors (Lipinski definition) is 0. The van der Waals surface area contributed by atoms with Crippen molar-refractivity contribution in [3.63, 3.8) is 0 Å². The van der Waals surface area contributed by atoms with Crippen LogP contribution in [-0.2, 0) is 6.54 Å². The minimum Gasteiger partial charge on any atom is -0.150 e. The largest absolute Gasteiger partial charge is 0.150 e. The highest BCUT2D eigenvalue weighted by atomic mass is 16.3. The summed E-state index contributed by atoms with van der Waals surface area (Å²) in [5.74, 6) is 0. The summed E-state index contributed by atoms with van der Waals surface area (Å²) in [6, 6.07) is 3.99. The first kappa shape index (κ1) is 9.11. The molecule has 0 aliphatic carbocycles. The zero-order chi connectivity index (χ0) is 9.68. The molecule has 0 aliphatic heterocycles. The smallest absolute Gasteiger partial charge is 0.110 e. The molecule has 1 aromatic carbocycles. The lowest BCUT2D eigenvalue weighted by atomic mass is 10.2. The Morgan fingerprint density at radius 1 is 0.923 bits per heavy atom. The maximum atomic E-state index is 10.1. The number of benzene rings is 1. The molecule has 0 spiro atoms. The first-order valence-corrected chi connectivity index (χ1v) is 3.40. The van der Waals surface area contributed by atoms with Gasteiger partial charge in [0.25, 0.3) is 0 Å². The molecule has 0 fully saturated rings. The highest BCUT2D eigenvalue weighted by Gasteiger charge is 2.01. The molecule has 6 heteroatoms. The van der Waals surface area contributed by atoms with Gasteiger partial charge in [0.05, 0.1) is 0 Å². The predicted molar refractivity (Wildman–Crippen MR) is 46.9 cm³/mol. The van der Waals surface area contributed by atoms with E-state index in [2.05, 4.69) is 15.5 Å². The summed E-state index contributed by atoms with van der Waals surface area (Å²) in [5.41, 5.74) is 0.577. The van der Waals surface area contributed by atoms with Gasteiger partial charge >= 0.3 is 0 Å². The van der Waals surface area contributed by atoms with Gasteiger partial charge in [-0.15, -0.1) is 9.81 Å². The summed E-state index contributed by atoms with van der Waals surface area (Å²) in [5, 5.41) is 7.88. The number of nitroso groups, excluding NO2 is 3. The van der Waals surface area contributed by atoms with Crippen LogP contribution in [0.3, 0.4) is 0 Å². The van der Waals surface area contributed by atoms with Gasteiger partial charge in [-0.1, -0.05) is 5.18 Å². The van der Waals surface area contributed by atoms with Crippen molar-refractivity contribution in [2.45, 2.75) is 6.54 Å². The fraction of sp³-hybridized carbons (Fsp3) is 0.143. The third kappa shape index (κ3) is 2.22. The number of nitrogens with zero attached hydrogens (tertiary/aromatic N) is 3.